The van der Waals surface area contributed by atoms with Crippen molar-refractivity contribution in [3.63, 3.8) is 0 Å². The van der Waals surface area contributed by atoms with E-state index in [-0.39, 0.29) is 0 Å². The third-order valence-corrected chi connectivity index (χ3v) is 3.03. The molecule has 0 spiro atoms. The van der Waals surface area contributed by atoms with Crippen molar-refractivity contribution in [2.75, 3.05) is 12.4 Å². The number of aliphatic hydroxyl groups is 1. The third kappa shape index (κ3) is 8.41. The molecule has 1 N–H and O–H groups in total. The van der Waals surface area contributed by atoms with Crippen LogP contribution in [0, 0.1) is 5.41 Å². The fourth-order valence-corrected chi connectivity index (χ4v) is 2.24. The van der Waals surface area contributed by atoms with E-state index in [4.69, 9.17) is 5.11 Å². The van der Waals surface area contributed by atoms with Crippen molar-refractivity contribution < 1.29 is 5.11 Å². The van der Waals surface area contributed by atoms with Gasteiger partial charge in [0.15, 0.2) is 0 Å². The van der Waals surface area contributed by atoms with E-state index < -0.39 is 0 Å². The Labute approximate surface area is 80.9 Å². The lowest BCUT2D eigenvalue weighted by molar-refractivity contribution is 0.289. The molecule has 0 saturated carbocycles. The zero-order valence-corrected chi connectivity index (χ0v) is 9.58. The van der Waals surface area contributed by atoms with Gasteiger partial charge < -0.3 is 5.11 Å². The van der Waals surface area contributed by atoms with Crippen molar-refractivity contribution in [2.45, 2.75) is 45.8 Å². The summed E-state index contributed by atoms with van der Waals surface area (Å²) in [5, 5.41) is 9.29. The molecule has 0 heterocycles. The Morgan fingerprint density at radius 1 is 1.33 bits per heavy atom. The van der Waals surface area contributed by atoms with Crippen LogP contribution in [0.3, 0.4) is 0 Å². The normalized spacial score (nSPS) is 14.8. The third-order valence-electron chi connectivity index (χ3n) is 1.79. The summed E-state index contributed by atoms with van der Waals surface area (Å²) < 4.78 is 0. The first-order chi connectivity index (χ1) is 5.45. The second-order valence-electron chi connectivity index (χ2n) is 4.50. The minimum Gasteiger partial charge on any atom is -0.396 e. The van der Waals surface area contributed by atoms with Gasteiger partial charge in [0.1, 0.15) is 0 Å². The zero-order valence-electron chi connectivity index (χ0n) is 8.76. The molecule has 2 heteroatoms. The van der Waals surface area contributed by atoms with E-state index in [0.717, 1.165) is 6.42 Å². The second kappa shape index (κ2) is 5.87. The van der Waals surface area contributed by atoms with Gasteiger partial charge in [0.05, 0.1) is 0 Å². The number of rotatable bonds is 5. The molecule has 12 heavy (non-hydrogen) atoms. The zero-order chi connectivity index (χ0) is 9.61. The van der Waals surface area contributed by atoms with Crippen molar-refractivity contribution in [3.05, 3.63) is 0 Å². The number of hydrogen-bond donors (Lipinski definition) is 1. The fourth-order valence-electron chi connectivity index (χ4n) is 0.831. The van der Waals surface area contributed by atoms with Gasteiger partial charge in [-0.2, -0.15) is 11.8 Å². The van der Waals surface area contributed by atoms with Gasteiger partial charge in [-0.1, -0.05) is 27.7 Å². The largest absolute Gasteiger partial charge is 0.396 e. The van der Waals surface area contributed by atoms with Gasteiger partial charge in [0.2, 0.25) is 0 Å². The number of hydrogen-bond acceptors (Lipinski definition) is 2. The Balaban J connectivity index is 3.31. The molecule has 0 bridgehead atoms. The number of aliphatic hydroxyl groups excluding tert-OH is 1. The van der Waals surface area contributed by atoms with Crippen LogP contribution in [-0.4, -0.2) is 22.7 Å². The Hall–Kier alpha value is 0.310. The average molecular weight is 190 g/mol. The van der Waals surface area contributed by atoms with E-state index >= 15 is 0 Å². The minimum absolute atomic E-state index is 0.323. The highest BCUT2D eigenvalue weighted by Gasteiger charge is 2.10. The Morgan fingerprint density at radius 3 is 2.33 bits per heavy atom. The Bertz CT molecular complexity index is 107. The van der Waals surface area contributed by atoms with Crippen molar-refractivity contribution in [1.29, 1.82) is 0 Å². The summed E-state index contributed by atoms with van der Waals surface area (Å²) in [6.07, 6.45) is 2.18. The SMILES string of the molecule is CC(CCO)SCCC(C)(C)C. The quantitative estimate of drug-likeness (QED) is 0.719. The van der Waals surface area contributed by atoms with Crippen LogP contribution in [0.2, 0.25) is 0 Å². The minimum atomic E-state index is 0.323. The van der Waals surface area contributed by atoms with Crippen molar-refractivity contribution in [3.8, 4) is 0 Å². The Kier molecular flexibility index (Phi) is 6.02. The number of thioether (sulfide) groups is 1. The average Bonchev–Trinajstić information content (AvgIpc) is 1.84. The van der Waals surface area contributed by atoms with E-state index in [1.54, 1.807) is 0 Å². The summed E-state index contributed by atoms with van der Waals surface area (Å²) in [5.74, 6) is 1.21. The van der Waals surface area contributed by atoms with E-state index in [2.05, 4.69) is 27.7 Å². The summed E-state index contributed by atoms with van der Waals surface area (Å²) >= 11 is 1.97. The molecule has 0 saturated heterocycles. The van der Waals surface area contributed by atoms with Crippen molar-refractivity contribution in [2.24, 2.45) is 5.41 Å². The smallest absolute Gasteiger partial charge is 0.0441 e. The standard InChI is InChI=1S/C10H22OS/c1-9(5-7-11)12-8-6-10(2,3)4/h9,11H,5-8H2,1-4H3. The maximum absolute atomic E-state index is 8.68. The molecule has 0 fully saturated rings. The molecule has 0 radical (unpaired) electrons. The van der Waals surface area contributed by atoms with Crippen LogP contribution in [0.4, 0.5) is 0 Å². The van der Waals surface area contributed by atoms with Gasteiger partial charge in [-0.25, -0.2) is 0 Å². The maximum Gasteiger partial charge on any atom is 0.0441 e. The van der Waals surface area contributed by atoms with Gasteiger partial charge in [-0.3, -0.25) is 0 Å². The van der Waals surface area contributed by atoms with Crippen LogP contribution < -0.4 is 0 Å². The second-order valence-corrected chi connectivity index (χ2v) is 6.05. The maximum atomic E-state index is 8.68. The fraction of sp³-hybridized carbons (Fsp3) is 1.00. The summed E-state index contributed by atoms with van der Waals surface area (Å²) in [4.78, 5) is 0. The molecular formula is C10H22OS. The molecule has 1 unspecified atom stereocenters. The van der Waals surface area contributed by atoms with Gasteiger partial charge in [0, 0.05) is 11.9 Å². The predicted molar refractivity (Wildman–Crippen MR) is 57.7 cm³/mol. The molecule has 0 rings (SSSR count). The van der Waals surface area contributed by atoms with Crippen molar-refractivity contribution in [1.82, 2.24) is 0 Å². The van der Waals surface area contributed by atoms with Crippen molar-refractivity contribution >= 4 is 11.8 Å². The molecule has 0 aromatic rings. The first-order valence-electron chi connectivity index (χ1n) is 4.68. The molecule has 0 aliphatic carbocycles. The van der Waals surface area contributed by atoms with Crippen LogP contribution in [0.1, 0.15) is 40.5 Å². The molecule has 1 nitrogen and oxygen atoms in total. The highest BCUT2D eigenvalue weighted by atomic mass is 32.2. The summed E-state index contributed by atoms with van der Waals surface area (Å²) in [6, 6.07) is 0. The molecule has 1 atom stereocenters. The summed E-state index contributed by atoms with van der Waals surface area (Å²) in [7, 11) is 0. The van der Waals surface area contributed by atoms with Crippen LogP contribution in [-0.2, 0) is 0 Å². The molecule has 0 aliphatic heterocycles. The molecule has 0 aliphatic rings. The van der Waals surface area contributed by atoms with Gasteiger partial charge in [0.25, 0.3) is 0 Å². The lowest BCUT2D eigenvalue weighted by atomic mass is 9.94. The van der Waals surface area contributed by atoms with Crippen LogP contribution >= 0.6 is 11.8 Å². The highest BCUT2D eigenvalue weighted by molar-refractivity contribution is 7.99. The predicted octanol–water partition coefficient (Wildman–Crippen LogP) is 2.93. The van der Waals surface area contributed by atoms with Crippen LogP contribution in [0.15, 0.2) is 0 Å². The molecule has 0 aromatic heterocycles. The molecular weight excluding hydrogens is 168 g/mol. The van der Waals surface area contributed by atoms with Crippen LogP contribution in [0.5, 0.6) is 0 Å². The Morgan fingerprint density at radius 2 is 1.92 bits per heavy atom. The van der Waals surface area contributed by atoms with E-state index in [1.807, 2.05) is 11.8 Å². The van der Waals surface area contributed by atoms with Crippen LogP contribution in [0.25, 0.3) is 0 Å². The lowest BCUT2D eigenvalue weighted by Gasteiger charge is -2.18. The first kappa shape index (κ1) is 12.3. The summed E-state index contributed by atoms with van der Waals surface area (Å²) in [6.45, 7) is 9.31. The van der Waals surface area contributed by atoms with Gasteiger partial charge in [-0.15, -0.1) is 0 Å². The molecule has 0 amide bonds. The van der Waals surface area contributed by atoms with E-state index in [9.17, 15) is 0 Å². The van der Waals surface area contributed by atoms with Gasteiger partial charge >= 0.3 is 0 Å². The topological polar surface area (TPSA) is 20.2 Å². The molecule has 0 aromatic carbocycles. The monoisotopic (exact) mass is 190 g/mol. The van der Waals surface area contributed by atoms with Gasteiger partial charge in [-0.05, 0) is 24.0 Å². The lowest BCUT2D eigenvalue weighted by Crippen LogP contribution is -2.08. The molecule has 74 valence electrons. The highest BCUT2D eigenvalue weighted by Crippen LogP contribution is 2.24. The summed E-state index contributed by atoms with van der Waals surface area (Å²) in [5.41, 5.74) is 0.450. The van der Waals surface area contributed by atoms with E-state index in [1.165, 1.54) is 12.2 Å². The van der Waals surface area contributed by atoms with E-state index in [0.29, 0.717) is 17.3 Å². The first-order valence-corrected chi connectivity index (χ1v) is 5.73.